The first-order valence-corrected chi connectivity index (χ1v) is 7.00. The molecule has 0 saturated carbocycles. The number of carbonyl (C=O) groups is 1. The second-order valence-corrected chi connectivity index (χ2v) is 4.98. The highest BCUT2D eigenvalue weighted by Crippen LogP contribution is 2.23. The number of hydrogen-bond acceptors (Lipinski definition) is 2. The van der Waals surface area contributed by atoms with Crippen LogP contribution in [0.1, 0.15) is 31.4 Å². The summed E-state index contributed by atoms with van der Waals surface area (Å²) >= 11 is 0. The van der Waals surface area contributed by atoms with Gasteiger partial charge >= 0.3 is 6.03 Å². The summed E-state index contributed by atoms with van der Waals surface area (Å²) in [6.07, 6.45) is 2.08. The number of hydrogen-bond donors (Lipinski definition) is 2. The van der Waals surface area contributed by atoms with Crippen molar-refractivity contribution in [3.63, 3.8) is 0 Å². The van der Waals surface area contributed by atoms with Crippen LogP contribution in [0.5, 0.6) is 0 Å². The normalized spacial score (nSPS) is 18.7. The average Bonchev–Trinajstić information content (AvgIpc) is 2.85. The van der Waals surface area contributed by atoms with Gasteiger partial charge in [0.15, 0.2) is 0 Å². The zero-order valence-electron chi connectivity index (χ0n) is 11.6. The molecule has 1 aromatic rings. The fourth-order valence-electron chi connectivity index (χ4n) is 2.52. The van der Waals surface area contributed by atoms with Gasteiger partial charge in [0.2, 0.25) is 0 Å². The number of para-hydroxylation sites is 1. The molecule has 2 rings (SSSR count). The fourth-order valence-corrected chi connectivity index (χ4v) is 2.52. The van der Waals surface area contributed by atoms with E-state index in [0.29, 0.717) is 19.5 Å². The SMILES string of the molecule is CCc1cccc(CC)c1NC(=O)N1CC[C@@H](O)C1. The van der Waals surface area contributed by atoms with Crippen LogP contribution < -0.4 is 5.32 Å². The number of rotatable bonds is 3. The topological polar surface area (TPSA) is 52.6 Å². The second kappa shape index (κ2) is 6.06. The molecule has 1 heterocycles. The molecule has 0 aromatic heterocycles. The van der Waals surface area contributed by atoms with E-state index in [-0.39, 0.29) is 12.1 Å². The van der Waals surface area contributed by atoms with Crippen LogP contribution in [0.2, 0.25) is 0 Å². The van der Waals surface area contributed by atoms with E-state index in [1.165, 1.54) is 0 Å². The van der Waals surface area contributed by atoms with Crippen molar-refractivity contribution in [3.8, 4) is 0 Å². The highest BCUT2D eigenvalue weighted by molar-refractivity contribution is 5.91. The molecule has 0 radical (unpaired) electrons. The Labute approximate surface area is 114 Å². The number of anilines is 1. The molecular weight excluding hydrogens is 240 g/mol. The van der Waals surface area contributed by atoms with Gasteiger partial charge < -0.3 is 15.3 Å². The Hall–Kier alpha value is -1.55. The van der Waals surface area contributed by atoms with Gasteiger partial charge in [0, 0.05) is 18.8 Å². The Bertz CT molecular complexity index is 437. The number of nitrogens with one attached hydrogen (secondary N) is 1. The zero-order valence-corrected chi connectivity index (χ0v) is 11.6. The van der Waals surface area contributed by atoms with E-state index >= 15 is 0 Å². The molecule has 0 aliphatic carbocycles. The largest absolute Gasteiger partial charge is 0.391 e. The molecule has 1 atom stereocenters. The Morgan fingerprint density at radius 2 is 2.00 bits per heavy atom. The maximum absolute atomic E-state index is 12.2. The quantitative estimate of drug-likeness (QED) is 0.879. The first-order chi connectivity index (χ1) is 9.15. The summed E-state index contributed by atoms with van der Waals surface area (Å²) < 4.78 is 0. The van der Waals surface area contributed by atoms with Crippen molar-refractivity contribution in [2.75, 3.05) is 18.4 Å². The molecule has 1 saturated heterocycles. The van der Waals surface area contributed by atoms with Crippen LogP contribution in [-0.4, -0.2) is 35.2 Å². The Morgan fingerprint density at radius 1 is 1.37 bits per heavy atom. The summed E-state index contributed by atoms with van der Waals surface area (Å²) in [5.41, 5.74) is 3.26. The number of carbonyl (C=O) groups excluding carboxylic acids is 1. The molecule has 19 heavy (non-hydrogen) atoms. The molecule has 2 amide bonds. The fraction of sp³-hybridized carbons (Fsp3) is 0.533. The average molecular weight is 262 g/mol. The molecule has 1 fully saturated rings. The number of urea groups is 1. The predicted molar refractivity (Wildman–Crippen MR) is 76.4 cm³/mol. The third-order valence-corrected chi connectivity index (χ3v) is 3.68. The zero-order chi connectivity index (χ0) is 13.8. The van der Waals surface area contributed by atoms with E-state index in [2.05, 4.69) is 19.2 Å². The summed E-state index contributed by atoms with van der Waals surface area (Å²) in [6.45, 7) is 5.23. The Morgan fingerprint density at radius 3 is 2.47 bits per heavy atom. The molecule has 4 heteroatoms. The van der Waals surface area contributed by atoms with Crippen molar-refractivity contribution < 1.29 is 9.90 Å². The molecule has 0 spiro atoms. The van der Waals surface area contributed by atoms with E-state index in [1.54, 1.807) is 4.90 Å². The number of nitrogens with zero attached hydrogens (tertiary/aromatic N) is 1. The van der Waals surface area contributed by atoms with Crippen molar-refractivity contribution in [3.05, 3.63) is 29.3 Å². The van der Waals surface area contributed by atoms with Gasteiger partial charge in [-0.2, -0.15) is 0 Å². The number of β-amino-alcohol motifs (C(OH)–C–C–N with tert-alkyl or cyclic N) is 1. The lowest BCUT2D eigenvalue weighted by atomic mass is 10.0. The highest BCUT2D eigenvalue weighted by atomic mass is 16.3. The van der Waals surface area contributed by atoms with Gasteiger partial charge in [0.1, 0.15) is 0 Å². The first-order valence-electron chi connectivity index (χ1n) is 7.00. The molecular formula is C15H22N2O2. The summed E-state index contributed by atoms with van der Waals surface area (Å²) in [7, 11) is 0. The van der Waals surface area contributed by atoms with Crippen LogP contribution in [0.4, 0.5) is 10.5 Å². The van der Waals surface area contributed by atoms with E-state index in [9.17, 15) is 9.90 Å². The number of amides is 2. The van der Waals surface area contributed by atoms with Gasteiger partial charge in [-0.1, -0.05) is 32.0 Å². The second-order valence-electron chi connectivity index (χ2n) is 4.98. The lowest BCUT2D eigenvalue weighted by molar-refractivity contribution is 0.176. The molecule has 1 aliphatic rings. The Balaban J connectivity index is 2.16. The molecule has 104 valence electrons. The van der Waals surface area contributed by atoms with Crippen LogP contribution in [0.25, 0.3) is 0 Å². The minimum Gasteiger partial charge on any atom is -0.391 e. The monoisotopic (exact) mass is 262 g/mol. The van der Waals surface area contributed by atoms with E-state index in [4.69, 9.17) is 0 Å². The standard InChI is InChI=1S/C15H22N2O2/c1-3-11-6-5-7-12(4-2)14(11)16-15(19)17-9-8-13(18)10-17/h5-7,13,18H,3-4,8-10H2,1-2H3,(H,16,19)/t13-/m1/s1. The summed E-state index contributed by atoms with van der Waals surface area (Å²) in [5.74, 6) is 0. The van der Waals surface area contributed by atoms with Crippen LogP contribution in [0.15, 0.2) is 18.2 Å². The molecule has 4 nitrogen and oxygen atoms in total. The Kier molecular flexibility index (Phi) is 4.43. The molecule has 1 aromatic carbocycles. The number of aliphatic hydroxyl groups is 1. The lowest BCUT2D eigenvalue weighted by Gasteiger charge is -2.20. The third kappa shape index (κ3) is 3.07. The maximum Gasteiger partial charge on any atom is 0.321 e. The van der Waals surface area contributed by atoms with Crippen LogP contribution >= 0.6 is 0 Å². The van der Waals surface area contributed by atoms with Crippen LogP contribution in [0, 0.1) is 0 Å². The van der Waals surface area contributed by atoms with Crippen molar-refractivity contribution in [2.45, 2.75) is 39.2 Å². The number of likely N-dealkylation sites (tertiary alicyclic amines) is 1. The van der Waals surface area contributed by atoms with Gasteiger partial charge in [-0.15, -0.1) is 0 Å². The predicted octanol–water partition coefficient (Wildman–Crippen LogP) is 2.41. The maximum atomic E-state index is 12.2. The van der Waals surface area contributed by atoms with E-state index in [0.717, 1.165) is 29.7 Å². The minimum absolute atomic E-state index is 0.104. The molecule has 0 bridgehead atoms. The molecule has 0 unspecified atom stereocenters. The van der Waals surface area contributed by atoms with Gasteiger partial charge in [-0.25, -0.2) is 4.79 Å². The molecule has 1 aliphatic heterocycles. The number of benzene rings is 1. The van der Waals surface area contributed by atoms with Gasteiger partial charge in [0.25, 0.3) is 0 Å². The van der Waals surface area contributed by atoms with Crippen LogP contribution in [-0.2, 0) is 12.8 Å². The first kappa shape index (κ1) is 13.9. The van der Waals surface area contributed by atoms with Crippen molar-refractivity contribution in [1.29, 1.82) is 0 Å². The third-order valence-electron chi connectivity index (χ3n) is 3.68. The number of aryl methyl sites for hydroxylation is 2. The van der Waals surface area contributed by atoms with Crippen molar-refractivity contribution >= 4 is 11.7 Å². The van der Waals surface area contributed by atoms with Crippen molar-refractivity contribution in [2.24, 2.45) is 0 Å². The number of aliphatic hydroxyl groups excluding tert-OH is 1. The summed E-state index contributed by atoms with van der Waals surface area (Å²) in [6, 6.07) is 6.03. The van der Waals surface area contributed by atoms with Crippen LogP contribution in [0.3, 0.4) is 0 Å². The summed E-state index contributed by atoms with van der Waals surface area (Å²) in [5, 5.41) is 12.5. The van der Waals surface area contributed by atoms with Gasteiger partial charge in [-0.3, -0.25) is 0 Å². The van der Waals surface area contributed by atoms with E-state index < -0.39 is 0 Å². The van der Waals surface area contributed by atoms with Gasteiger partial charge in [-0.05, 0) is 30.4 Å². The molecule has 2 N–H and O–H groups in total. The summed E-state index contributed by atoms with van der Waals surface area (Å²) in [4.78, 5) is 13.9. The van der Waals surface area contributed by atoms with Crippen molar-refractivity contribution in [1.82, 2.24) is 4.90 Å². The lowest BCUT2D eigenvalue weighted by Crippen LogP contribution is -2.34. The van der Waals surface area contributed by atoms with E-state index in [1.807, 2.05) is 18.2 Å². The minimum atomic E-state index is -0.377. The highest BCUT2D eigenvalue weighted by Gasteiger charge is 2.25. The van der Waals surface area contributed by atoms with Gasteiger partial charge in [0.05, 0.1) is 6.10 Å². The smallest absolute Gasteiger partial charge is 0.321 e.